The molecule has 46 heavy (non-hydrogen) atoms. The number of nitrogens with zero attached hydrogens (tertiary/aromatic N) is 5. The van der Waals surface area contributed by atoms with Gasteiger partial charge in [-0.15, -0.1) is 0 Å². The van der Waals surface area contributed by atoms with Crippen LogP contribution in [-0.2, 0) is 35.5 Å². The number of aromatic nitrogens is 1. The topological polar surface area (TPSA) is 78.5 Å². The van der Waals surface area contributed by atoms with Crippen LogP contribution in [0.4, 0.5) is 15.3 Å². The molecular formula is C37H47N5O4. The van der Waals surface area contributed by atoms with Crippen molar-refractivity contribution in [2.24, 2.45) is 0 Å². The summed E-state index contributed by atoms with van der Waals surface area (Å²) in [6, 6.07) is 20.6. The number of anilines is 1. The molecule has 0 N–H and O–H groups in total. The van der Waals surface area contributed by atoms with Crippen LogP contribution < -0.4 is 4.90 Å². The van der Waals surface area contributed by atoms with Crippen molar-refractivity contribution < 1.29 is 19.1 Å². The Morgan fingerprint density at radius 3 is 2.46 bits per heavy atom. The highest BCUT2D eigenvalue weighted by Crippen LogP contribution is 2.36. The first-order valence-corrected chi connectivity index (χ1v) is 16.6. The molecule has 2 aromatic carbocycles. The van der Waals surface area contributed by atoms with Crippen molar-refractivity contribution in [2.75, 3.05) is 44.7 Å². The van der Waals surface area contributed by atoms with Gasteiger partial charge in [-0.05, 0) is 87.9 Å². The van der Waals surface area contributed by atoms with Crippen LogP contribution in [0.3, 0.4) is 0 Å². The van der Waals surface area contributed by atoms with Crippen molar-refractivity contribution in [2.45, 2.75) is 77.3 Å². The quantitative estimate of drug-likeness (QED) is 0.322. The minimum absolute atomic E-state index is 0.0585. The number of carbonyl (C=O) groups excluding carboxylic acids is 2. The summed E-state index contributed by atoms with van der Waals surface area (Å²) in [6.07, 6.45) is 5.34. The molecule has 2 aliphatic heterocycles. The molecule has 0 bridgehead atoms. The number of likely N-dealkylation sites (N-methyl/N-ethyl adjacent to an activating group) is 1. The number of aryl methyl sites for hydroxylation is 1. The lowest BCUT2D eigenvalue weighted by molar-refractivity contribution is 0.00645. The monoisotopic (exact) mass is 625 g/mol. The molecule has 9 heteroatoms. The molecule has 0 saturated carbocycles. The fraction of sp³-hybridized carbons (Fsp3) is 0.486. The lowest BCUT2D eigenvalue weighted by Gasteiger charge is -2.43. The third kappa shape index (κ3) is 7.30. The highest BCUT2D eigenvalue weighted by atomic mass is 16.6. The lowest BCUT2D eigenvalue weighted by atomic mass is 9.89. The fourth-order valence-electron chi connectivity index (χ4n) is 7.07. The van der Waals surface area contributed by atoms with E-state index in [2.05, 4.69) is 41.1 Å². The van der Waals surface area contributed by atoms with Crippen LogP contribution in [0.25, 0.3) is 0 Å². The average molecular weight is 626 g/mol. The SMILES string of the molecule is CN(C[C@H]1Cc2c(cccc2N2CCN(C(=O)OCc3ccccc3)CC2)CN1C(=O)OC(C)(C)C)[C@H]1CCCc2cccnc21. The Morgan fingerprint density at radius 1 is 0.935 bits per heavy atom. The largest absolute Gasteiger partial charge is 0.445 e. The van der Waals surface area contributed by atoms with Gasteiger partial charge in [0.2, 0.25) is 0 Å². The van der Waals surface area contributed by atoms with Gasteiger partial charge in [-0.25, -0.2) is 9.59 Å². The minimum Gasteiger partial charge on any atom is -0.445 e. The van der Waals surface area contributed by atoms with Crippen LogP contribution in [-0.4, -0.2) is 83.3 Å². The Hall–Kier alpha value is -4.11. The van der Waals surface area contributed by atoms with Crippen LogP contribution in [0.1, 0.15) is 67.6 Å². The number of ether oxygens (including phenoxy) is 2. The molecule has 2 atom stereocenters. The molecule has 3 aromatic rings. The molecule has 3 aliphatic rings. The second kappa shape index (κ2) is 13.7. The van der Waals surface area contributed by atoms with E-state index in [1.165, 1.54) is 16.8 Å². The number of piperazine rings is 1. The molecule has 3 heterocycles. The van der Waals surface area contributed by atoms with E-state index in [0.717, 1.165) is 55.6 Å². The van der Waals surface area contributed by atoms with Crippen molar-refractivity contribution in [1.82, 2.24) is 19.7 Å². The standard InChI is InChI=1S/C37H47N5O4/c1-37(2,3)46-36(44)42-24-29-14-9-16-32(40-19-21-41(22-20-40)35(43)45-26-27-11-6-5-7-12-27)31(29)23-30(42)25-39(4)33-17-8-13-28-15-10-18-38-34(28)33/h5-7,9-12,14-16,18,30,33H,8,13,17,19-26H2,1-4H3/t30-,33+/m1/s1. The summed E-state index contributed by atoms with van der Waals surface area (Å²) < 4.78 is 11.5. The Bertz CT molecular complexity index is 1520. The zero-order valence-electron chi connectivity index (χ0n) is 27.7. The van der Waals surface area contributed by atoms with Gasteiger partial charge < -0.3 is 19.3 Å². The van der Waals surface area contributed by atoms with Crippen molar-refractivity contribution in [1.29, 1.82) is 0 Å². The fourth-order valence-corrected chi connectivity index (χ4v) is 7.07. The maximum atomic E-state index is 13.6. The minimum atomic E-state index is -0.580. The van der Waals surface area contributed by atoms with Gasteiger partial charge >= 0.3 is 12.2 Å². The molecule has 0 spiro atoms. The second-order valence-electron chi connectivity index (χ2n) is 13.8. The predicted molar refractivity (Wildman–Crippen MR) is 179 cm³/mol. The normalized spacial score (nSPS) is 19.8. The van der Waals surface area contributed by atoms with Gasteiger partial charge in [0.1, 0.15) is 12.2 Å². The summed E-state index contributed by atoms with van der Waals surface area (Å²) in [5, 5.41) is 0. The van der Waals surface area contributed by atoms with Gasteiger partial charge in [0.25, 0.3) is 0 Å². The van der Waals surface area contributed by atoms with Gasteiger partial charge in [0.15, 0.2) is 0 Å². The molecule has 2 amide bonds. The summed E-state index contributed by atoms with van der Waals surface area (Å²) in [7, 11) is 2.17. The molecule has 244 valence electrons. The summed E-state index contributed by atoms with van der Waals surface area (Å²) in [6.45, 7) is 9.90. The second-order valence-corrected chi connectivity index (χ2v) is 13.8. The summed E-state index contributed by atoms with van der Waals surface area (Å²) in [5.41, 5.74) is 6.51. The third-order valence-electron chi connectivity index (χ3n) is 9.38. The van der Waals surface area contributed by atoms with E-state index < -0.39 is 5.60 Å². The molecule has 0 unspecified atom stereocenters. The molecular weight excluding hydrogens is 578 g/mol. The molecule has 9 nitrogen and oxygen atoms in total. The number of hydrogen-bond acceptors (Lipinski definition) is 7. The first-order chi connectivity index (χ1) is 22.2. The number of pyridine rings is 1. The zero-order valence-corrected chi connectivity index (χ0v) is 27.7. The Balaban J connectivity index is 1.18. The first kappa shape index (κ1) is 31.9. The van der Waals surface area contributed by atoms with Gasteiger partial charge in [-0.1, -0.05) is 48.5 Å². The number of hydrogen-bond donors (Lipinski definition) is 0. The Morgan fingerprint density at radius 2 is 1.70 bits per heavy atom. The van der Waals surface area contributed by atoms with E-state index in [1.54, 1.807) is 4.90 Å². The Kier molecular flexibility index (Phi) is 9.49. The number of amides is 2. The van der Waals surface area contributed by atoms with E-state index in [4.69, 9.17) is 14.5 Å². The molecule has 1 aromatic heterocycles. The van der Waals surface area contributed by atoms with Crippen molar-refractivity contribution >= 4 is 17.9 Å². The van der Waals surface area contributed by atoms with Crippen LogP contribution in [0.5, 0.6) is 0 Å². The highest BCUT2D eigenvalue weighted by Gasteiger charge is 2.37. The van der Waals surface area contributed by atoms with E-state index in [-0.39, 0.29) is 30.9 Å². The number of rotatable bonds is 6. The maximum absolute atomic E-state index is 13.6. The Labute approximate surface area is 273 Å². The van der Waals surface area contributed by atoms with Gasteiger partial charge in [-0.3, -0.25) is 14.8 Å². The van der Waals surface area contributed by atoms with Crippen LogP contribution in [0, 0.1) is 0 Å². The molecule has 1 aliphatic carbocycles. The van der Waals surface area contributed by atoms with E-state index >= 15 is 0 Å². The first-order valence-electron chi connectivity index (χ1n) is 16.6. The van der Waals surface area contributed by atoms with Crippen LogP contribution >= 0.6 is 0 Å². The molecule has 1 fully saturated rings. The van der Waals surface area contributed by atoms with E-state index in [1.807, 2.05) is 68.3 Å². The third-order valence-corrected chi connectivity index (χ3v) is 9.38. The molecule has 6 rings (SSSR count). The van der Waals surface area contributed by atoms with Gasteiger partial charge in [0.05, 0.1) is 17.8 Å². The summed E-state index contributed by atoms with van der Waals surface area (Å²) in [4.78, 5) is 39.7. The van der Waals surface area contributed by atoms with Crippen molar-refractivity contribution in [3.8, 4) is 0 Å². The number of carbonyl (C=O) groups is 2. The van der Waals surface area contributed by atoms with E-state index in [9.17, 15) is 9.59 Å². The van der Waals surface area contributed by atoms with Gasteiger partial charge in [-0.2, -0.15) is 0 Å². The molecule has 0 radical (unpaired) electrons. The van der Waals surface area contributed by atoms with Crippen LogP contribution in [0.2, 0.25) is 0 Å². The zero-order chi connectivity index (χ0) is 32.3. The maximum Gasteiger partial charge on any atom is 0.410 e. The van der Waals surface area contributed by atoms with Crippen LogP contribution in [0.15, 0.2) is 66.9 Å². The van der Waals surface area contributed by atoms with Crippen molar-refractivity contribution in [3.63, 3.8) is 0 Å². The smallest absolute Gasteiger partial charge is 0.410 e. The number of benzene rings is 2. The predicted octanol–water partition coefficient (Wildman–Crippen LogP) is 6.21. The summed E-state index contributed by atoms with van der Waals surface area (Å²) >= 11 is 0. The van der Waals surface area contributed by atoms with E-state index in [0.29, 0.717) is 26.2 Å². The highest BCUT2D eigenvalue weighted by molar-refractivity contribution is 5.71. The average Bonchev–Trinajstić information content (AvgIpc) is 3.06. The number of fused-ring (bicyclic) bond motifs is 2. The lowest BCUT2D eigenvalue weighted by Crippen LogP contribution is -2.52. The summed E-state index contributed by atoms with van der Waals surface area (Å²) in [5.74, 6) is 0. The van der Waals surface area contributed by atoms with Crippen molar-refractivity contribution in [3.05, 3.63) is 94.8 Å². The molecule has 1 saturated heterocycles. The van der Waals surface area contributed by atoms with Gasteiger partial charge in [0, 0.05) is 51.2 Å².